The molecule has 73 heavy (non-hydrogen) atoms. The van der Waals surface area contributed by atoms with Crippen molar-refractivity contribution in [1.82, 2.24) is 0 Å². The van der Waals surface area contributed by atoms with Crippen molar-refractivity contribution in [2.75, 3.05) is 13.2 Å². The minimum atomic E-state index is -0.831. The van der Waals surface area contributed by atoms with E-state index in [2.05, 4.69) is 81.5 Å². The molecule has 0 aliphatic carbocycles. The van der Waals surface area contributed by atoms with Crippen molar-refractivity contribution in [3.05, 3.63) is 72.9 Å². The summed E-state index contributed by atoms with van der Waals surface area (Å²) in [6.07, 6.45) is 79.7. The summed E-state index contributed by atoms with van der Waals surface area (Å²) < 4.78 is 16.7. The van der Waals surface area contributed by atoms with Gasteiger partial charge in [0, 0.05) is 12.8 Å². The van der Waals surface area contributed by atoms with Crippen molar-refractivity contribution in [3.8, 4) is 0 Å². The first kappa shape index (κ1) is 69.8. The molecule has 422 valence electrons. The second kappa shape index (κ2) is 61.4. The molecule has 0 bridgehead atoms. The second-order valence-corrected chi connectivity index (χ2v) is 21.0. The Morgan fingerprint density at radius 2 is 0.603 bits per heavy atom. The van der Waals surface area contributed by atoms with Crippen molar-refractivity contribution < 1.29 is 28.6 Å². The predicted octanol–water partition coefficient (Wildman–Crippen LogP) is 21.3. The van der Waals surface area contributed by atoms with Gasteiger partial charge in [-0.05, 0) is 64.2 Å². The molecule has 0 aromatic carbocycles. The minimum Gasteiger partial charge on any atom is -0.462 e. The predicted molar refractivity (Wildman–Crippen MR) is 316 cm³/mol. The van der Waals surface area contributed by atoms with Crippen molar-refractivity contribution in [2.24, 2.45) is 0 Å². The lowest BCUT2D eigenvalue weighted by Crippen LogP contribution is -2.30. The maximum Gasteiger partial charge on any atom is 0.310 e. The van der Waals surface area contributed by atoms with E-state index in [1.165, 1.54) is 186 Å². The van der Waals surface area contributed by atoms with Gasteiger partial charge < -0.3 is 14.2 Å². The fraction of sp³-hybridized carbons (Fsp3) is 0.776. The minimum absolute atomic E-state index is 0.0972. The van der Waals surface area contributed by atoms with Crippen LogP contribution >= 0.6 is 0 Å². The van der Waals surface area contributed by atoms with Crippen LogP contribution in [0.4, 0.5) is 0 Å². The van der Waals surface area contributed by atoms with Crippen LogP contribution in [0.25, 0.3) is 0 Å². The molecule has 0 aliphatic heterocycles. The first-order valence-electron chi connectivity index (χ1n) is 31.4. The lowest BCUT2D eigenvalue weighted by atomic mass is 10.0. The number of carbonyl (C=O) groups excluding carboxylic acids is 3. The molecule has 6 nitrogen and oxygen atoms in total. The Kier molecular flexibility index (Phi) is 58.7. The average Bonchev–Trinajstić information content (AvgIpc) is 3.39. The first-order valence-corrected chi connectivity index (χ1v) is 31.4. The van der Waals surface area contributed by atoms with Gasteiger partial charge in [-0.1, -0.05) is 306 Å². The molecule has 0 amide bonds. The van der Waals surface area contributed by atoms with Crippen LogP contribution in [0.5, 0.6) is 0 Å². The fourth-order valence-corrected chi connectivity index (χ4v) is 9.05. The van der Waals surface area contributed by atoms with E-state index >= 15 is 0 Å². The maximum absolute atomic E-state index is 12.8. The largest absolute Gasteiger partial charge is 0.462 e. The summed E-state index contributed by atoms with van der Waals surface area (Å²) in [7, 11) is 0. The average molecular weight is 1020 g/mol. The number of hydrogen-bond acceptors (Lipinski definition) is 6. The number of carbonyl (C=O) groups is 3. The van der Waals surface area contributed by atoms with Crippen molar-refractivity contribution in [1.29, 1.82) is 0 Å². The molecule has 0 aliphatic rings. The van der Waals surface area contributed by atoms with E-state index in [1.54, 1.807) is 6.08 Å². The standard InChI is InChI=1S/C67H118O6/c1-4-7-10-13-16-19-22-24-26-27-28-29-30-31-32-33-34-35-36-37-38-39-40-42-43-45-48-51-54-57-60-66(69)72-63-64(62-71-65(68)59-56-53-50-47-21-18-15-12-9-6-3)73-67(70)61-58-55-52-49-46-44-41-25-23-20-17-14-11-8-5-2/h8,11-12,15,17,20,25,41,46,49,55,58,64H,4-7,9-10,13-14,16,18-19,21-24,26-40,42-45,47-48,50-54,56-57,59-63H2,1-3H3/b11-8-,15-12-,20-17-,41-25-,49-46-,58-55-. The van der Waals surface area contributed by atoms with E-state index in [1.807, 2.05) is 6.08 Å². The third-order valence-electron chi connectivity index (χ3n) is 13.7. The van der Waals surface area contributed by atoms with Gasteiger partial charge in [0.1, 0.15) is 13.2 Å². The molecule has 0 aromatic rings. The van der Waals surface area contributed by atoms with Gasteiger partial charge in [-0.2, -0.15) is 0 Å². The molecule has 0 aromatic heterocycles. The maximum atomic E-state index is 12.8. The van der Waals surface area contributed by atoms with Crippen LogP contribution in [-0.2, 0) is 28.6 Å². The van der Waals surface area contributed by atoms with Gasteiger partial charge in [0.15, 0.2) is 6.10 Å². The van der Waals surface area contributed by atoms with E-state index in [4.69, 9.17) is 14.2 Å². The molecule has 0 radical (unpaired) electrons. The van der Waals surface area contributed by atoms with Crippen molar-refractivity contribution >= 4 is 17.9 Å². The van der Waals surface area contributed by atoms with Crippen LogP contribution in [0.2, 0.25) is 0 Å². The zero-order chi connectivity index (χ0) is 52.9. The summed E-state index contributed by atoms with van der Waals surface area (Å²) in [6.45, 7) is 6.40. The van der Waals surface area contributed by atoms with E-state index in [-0.39, 0.29) is 31.6 Å². The van der Waals surface area contributed by atoms with E-state index in [9.17, 15) is 14.4 Å². The Labute approximate surface area is 453 Å². The molecule has 0 heterocycles. The Bertz CT molecular complexity index is 1360. The van der Waals surface area contributed by atoms with Crippen LogP contribution in [0.1, 0.15) is 316 Å². The third-order valence-corrected chi connectivity index (χ3v) is 13.7. The molecule has 1 unspecified atom stereocenters. The van der Waals surface area contributed by atoms with Crippen molar-refractivity contribution in [2.45, 2.75) is 322 Å². The Balaban J connectivity index is 4.15. The summed E-state index contributed by atoms with van der Waals surface area (Å²) >= 11 is 0. The number of ether oxygens (including phenoxy) is 3. The second-order valence-electron chi connectivity index (χ2n) is 21.0. The molecule has 0 spiro atoms. The van der Waals surface area contributed by atoms with Crippen LogP contribution in [0.3, 0.4) is 0 Å². The lowest BCUT2D eigenvalue weighted by Gasteiger charge is -2.18. The van der Waals surface area contributed by atoms with Crippen molar-refractivity contribution in [3.63, 3.8) is 0 Å². The summed E-state index contributed by atoms with van der Waals surface area (Å²) in [5.41, 5.74) is 0. The van der Waals surface area contributed by atoms with Gasteiger partial charge >= 0.3 is 17.9 Å². The van der Waals surface area contributed by atoms with Gasteiger partial charge in [0.2, 0.25) is 0 Å². The summed E-state index contributed by atoms with van der Waals surface area (Å²) in [6, 6.07) is 0. The zero-order valence-corrected chi connectivity index (χ0v) is 48.4. The van der Waals surface area contributed by atoms with Crippen LogP contribution in [0.15, 0.2) is 72.9 Å². The fourth-order valence-electron chi connectivity index (χ4n) is 9.05. The monoisotopic (exact) mass is 1020 g/mol. The highest BCUT2D eigenvalue weighted by atomic mass is 16.6. The molecule has 6 heteroatoms. The zero-order valence-electron chi connectivity index (χ0n) is 48.4. The Morgan fingerprint density at radius 1 is 0.301 bits per heavy atom. The van der Waals surface area contributed by atoms with E-state index < -0.39 is 12.1 Å². The highest BCUT2D eigenvalue weighted by Crippen LogP contribution is 2.18. The topological polar surface area (TPSA) is 78.9 Å². The lowest BCUT2D eigenvalue weighted by molar-refractivity contribution is -0.166. The highest BCUT2D eigenvalue weighted by Gasteiger charge is 2.19. The number of esters is 3. The molecule has 0 fully saturated rings. The summed E-state index contributed by atoms with van der Waals surface area (Å²) in [5.74, 6) is -1.05. The number of allylic oxidation sites excluding steroid dienone is 11. The normalized spacial score (nSPS) is 12.5. The Hall–Kier alpha value is -3.15. The van der Waals surface area contributed by atoms with Gasteiger partial charge in [0.05, 0.1) is 6.42 Å². The first-order chi connectivity index (χ1) is 36.0. The van der Waals surface area contributed by atoms with Crippen LogP contribution in [-0.4, -0.2) is 37.2 Å². The van der Waals surface area contributed by atoms with Gasteiger partial charge in [-0.15, -0.1) is 0 Å². The smallest absolute Gasteiger partial charge is 0.310 e. The molecular weight excluding hydrogens is 901 g/mol. The Morgan fingerprint density at radius 3 is 0.945 bits per heavy atom. The SMILES string of the molecule is CC/C=C\C/C=C\C/C=C\C/C=C\C/C=C\CC(=O)OC(COC(=O)CCCCCCC/C=C\CCC)COC(=O)CCCCCCCCCCCCCCCCCCCCCCCCCCCCCCCC. The molecule has 0 N–H and O–H groups in total. The quantitative estimate of drug-likeness (QED) is 0.0261. The number of hydrogen-bond donors (Lipinski definition) is 0. The third kappa shape index (κ3) is 59.6. The van der Waals surface area contributed by atoms with Crippen LogP contribution < -0.4 is 0 Å². The molecule has 1 atom stereocenters. The molecule has 0 saturated heterocycles. The van der Waals surface area contributed by atoms with Gasteiger partial charge in [-0.25, -0.2) is 0 Å². The molecule has 0 rings (SSSR count). The summed E-state index contributed by atoms with van der Waals surface area (Å²) in [5, 5.41) is 0. The van der Waals surface area contributed by atoms with Crippen LogP contribution in [0, 0.1) is 0 Å². The molecule has 0 saturated carbocycles. The van der Waals surface area contributed by atoms with Gasteiger partial charge in [-0.3, -0.25) is 14.4 Å². The highest BCUT2D eigenvalue weighted by molar-refractivity contribution is 5.72. The number of rotatable bonds is 57. The molecular formula is C67H118O6. The van der Waals surface area contributed by atoms with Gasteiger partial charge in [0.25, 0.3) is 0 Å². The van der Waals surface area contributed by atoms with E-state index in [0.29, 0.717) is 12.8 Å². The van der Waals surface area contributed by atoms with E-state index in [0.717, 1.165) is 89.9 Å². The number of unbranched alkanes of at least 4 members (excludes halogenated alkanes) is 35. The summed E-state index contributed by atoms with van der Waals surface area (Å²) in [4.78, 5) is 38.0.